The number of hydrogen-bond acceptors (Lipinski definition) is 4. The van der Waals surface area contributed by atoms with E-state index in [1.165, 1.54) is 0 Å². The van der Waals surface area contributed by atoms with Gasteiger partial charge in [-0.1, -0.05) is 18.2 Å². The highest BCUT2D eigenvalue weighted by Gasteiger charge is 2.29. The Balaban J connectivity index is 1.90. The third kappa shape index (κ3) is 3.79. The van der Waals surface area contributed by atoms with Crippen LogP contribution >= 0.6 is 0 Å². The van der Waals surface area contributed by atoms with Crippen molar-refractivity contribution in [3.05, 3.63) is 30.3 Å². The zero-order chi connectivity index (χ0) is 14.4. The summed E-state index contributed by atoms with van der Waals surface area (Å²) >= 11 is 0. The summed E-state index contributed by atoms with van der Waals surface area (Å²) in [5.41, 5.74) is 0. The summed E-state index contributed by atoms with van der Waals surface area (Å²) in [6.07, 6.45) is 1.60. The van der Waals surface area contributed by atoms with E-state index in [9.17, 15) is 8.42 Å². The standard InChI is InChI=1S/C14H21NO4S/c1-18-11-12-19-13-7-9-15(10-8-13)20(16,17)14-5-3-2-4-6-14/h2-6,13H,7-12H2,1H3. The van der Waals surface area contributed by atoms with Crippen LogP contribution in [0.1, 0.15) is 12.8 Å². The third-order valence-electron chi connectivity index (χ3n) is 3.42. The first-order chi connectivity index (χ1) is 9.64. The number of sulfonamides is 1. The SMILES string of the molecule is COCCOC1CCN(S(=O)(=O)c2ccccc2)CC1. The van der Waals surface area contributed by atoms with Gasteiger partial charge in [0, 0.05) is 20.2 Å². The minimum absolute atomic E-state index is 0.132. The molecular weight excluding hydrogens is 278 g/mol. The molecule has 0 saturated carbocycles. The molecule has 0 amide bonds. The fourth-order valence-electron chi connectivity index (χ4n) is 2.28. The summed E-state index contributed by atoms with van der Waals surface area (Å²) < 4.78 is 37.0. The molecule has 0 spiro atoms. The first-order valence-electron chi connectivity index (χ1n) is 6.80. The molecule has 1 fully saturated rings. The van der Waals surface area contributed by atoms with Crippen LogP contribution in [-0.4, -0.2) is 52.2 Å². The molecule has 1 aliphatic heterocycles. The normalized spacial score (nSPS) is 18.2. The molecule has 0 radical (unpaired) electrons. The lowest BCUT2D eigenvalue weighted by molar-refractivity contribution is -0.00501. The summed E-state index contributed by atoms with van der Waals surface area (Å²) in [6, 6.07) is 8.57. The Labute approximate surface area is 120 Å². The third-order valence-corrected chi connectivity index (χ3v) is 5.34. The lowest BCUT2D eigenvalue weighted by Gasteiger charge is -2.31. The Bertz CT molecular complexity index is 495. The zero-order valence-electron chi connectivity index (χ0n) is 11.7. The molecule has 1 saturated heterocycles. The average Bonchev–Trinajstić information content (AvgIpc) is 2.49. The maximum atomic E-state index is 12.4. The van der Waals surface area contributed by atoms with Crippen molar-refractivity contribution in [2.75, 3.05) is 33.4 Å². The van der Waals surface area contributed by atoms with Crippen molar-refractivity contribution in [2.45, 2.75) is 23.8 Å². The van der Waals surface area contributed by atoms with Crippen molar-refractivity contribution in [1.29, 1.82) is 0 Å². The summed E-state index contributed by atoms with van der Waals surface area (Å²) in [4.78, 5) is 0.360. The molecular formula is C14H21NO4S. The lowest BCUT2D eigenvalue weighted by atomic mass is 10.1. The number of piperidine rings is 1. The van der Waals surface area contributed by atoms with Crippen LogP contribution in [0.15, 0.2) is 35.2 Å². The highest BCUT2D eigenvalue weighted by molar-refractivity contribution is 7.89. The maximum Gasteiger partial charge on any atom is 0.243 e. The van der Waals surface area contributed by atoms with Crippen LogP contribution in [0.5, 0.6) is 0 Å². The fraction of sp³-hybridized carbons (Fsp3) is 0.571. The molecule has 0 unspecified atom stereocenters. The average molecular weight is 299 g/mol. The molecule has 1 heterocycles. The predicted molar refractivity (Wildman–Crippen MR) is 76.1 cm³/mol. The van der Waals surface area contributed by atoms with Gasteiger partial charge in [0.25, 0.3) is 0 Å². The Kier molecular flexibility index (Phi) is 5.54. The minimum atomic E-state index is -3.36. The Morgan fingerprint density at radius 2 is 1.80 bits per heavy atom. The number of hydrogen-bond donors (Lipinski definition) is 0. The van der Waals surface area contributed by atoms with Gasteiger partial charge in [0.05, 0.1) is 24.2 Å². The molecule has 1 aromatic rings. The van der Waals surface area contributed by atoms with Crippen molar-refractivity contribution in [3.63, 3.8) is 0 Å². The molecule has 0 atom stereocenters. The topological polar surface area (TPSA) is 55.8 Å². The van der Waals surface area contributed by atoms with Gasteiger partial charge < -0.3 is 9.47 Å². The van der Waals surface area contributed by atoms with Crippen molar-refractivity contribution < 1.29 is 17.9 Å². The number of nitrogens with zero attached hydrogens (tertiary/aromatic N) is 1. The van der Waals surface area contributed by atoms with Gasteiger partial charge in [0.15, 0.2) is 0 Å². The summed E-state index contributed by atoms with van der Waals surface area (Å²) in [5, 5.41) is 0. The van der Waals surface area contributed by atoms with Crippen molar-refractivity contribution in [3.8, 4) is 0 Å². The molecule has 112 valence electrons. The molecule has 1 aliphatic rings. The monoisotopic (exact) mass is 299 g/mol. The summed E-state index contributed by atoms with van der Waals surface area (Å²) in [6.45, 7) is 2.15. The molecule has 5 nitrogen and oxygen atoms in total. The first-order valence-corrected chi connectivity index (χ1v) is 8.24. The van der Waals surface area contributed by atoms with Crippen LogP contribution < -0.4 is 0 Å². The predicted octanol–water partition coefficient (Wildman–Crippen LogP) is 1.50. The Morgan fingerprint density at radius 3 is 2.40 bits per heavy atom. The quantitative estimate of drug-likeness (QED) is 0.747. The molecule has 0 bridgehead atoms. The van der Waals surface area contributed by atoms with Gasteiger partial charge in [0.1, 0.15) is 0 Å². The van der Waals surface area contributed by atoms with Crippen LogP contribution in [0.3, 0.4) is 0 Å². The molecule has 20 heavy (non-hydrogen) atoms. The van der Waals surface area contributed by atoms with Gasteiger partial charge in [-0.05, 0) is 25.0 Å². The van der Waals surface area contributed by atoms with E-state index in [-0.39, 0.29) is 6.10 Å². The largest absolute Gasteiger partial charge is 0.382 e. The van der Waals surface area contributed by atoms with Crippen molar-refractivity contribution >= 4 is 10.0 Å². The van der Waals surface area contributed by atoms with Crippen LogP contribution in [0.2, 0.25) is 0 Å². The first kappa shape index (κ1) is 15.4. The molecule has 0 aromatic heterocycles. The van der Waals surface area contributed by atoms with Crippen molar-refractivity contribution in [1.82, 2.24) is 4.31 Å². The van der Waals surface area contributed by atoms with E-state index < -0.39 is 10.0 Å². The van der Waals surface area contributed by atoms with Crippen molar-refractivity contribution in [2.24, 2.45) is 0 Å². The van der Waals surface area contributed by atoms with Crippen LogP contribution in [-0.2, 0) is 19.5 Å². The molecule has 6 heteroatoms. The highest BCUT2D eigenvalue weighted by Crippen LogP contribution is 2.21. The maximum absolute atomic E-state index is 12.4. The zero-order valence-corrected chi connectivity index (χ0v) is 12.5. The number of rotatable bonds is 6. The van der Waals surface area contributed by atoms with Gasteiger partial charge in [-0.15, -0.1) is 0 Å². The number of methoxy groups -OCH3 is 1. The molecule has 0 aliphatic carbocycles. The number of benzene rings is 1. The molecule has 0 N–H and O–H groups in total. The van der Waals surface area contributed by atoms with E-state index in [2.05, 4.69) is 0 Å². The smallest absolute Gasteiger partial charge is 0.243 e. The van der Waals surface area contributed by atoms with Crippen LogP contribution in [0.25, 0.3) is 0 Å². The van der Waals surface area contributed by atoms with Crippen LogP contribution in [0, 0.1) is 0 Å². The van der Waals surface area contributed by atoms with E-state index in [4.69, 9.17) is 9.47 Å². The van der Waals surface area contributed by atoms with E-state index >= 15 is 0 Å². The van der Waals surface area contributed by atoms with E-state index in [0.717, 1.165) is 12.8 Å². The molecule has 2 rings (SSSR count). The van der Waals surface area contributed by atoms with Gasteiger partial charge in [-0.2, -0.15) is 4.31 Å². The molecule has 1 aromatic carbocycles. The summed E-state index contributed by atoms with van der Waals surface area (Å²) in [5.74, 6) is 0. The highest BCUT2D eigenvalue weighted by atomic mass is 32.2. The van der Waals surface area contributed by atoms with E-state index in [1.54, 1.807) is 35.7 Å². The minimum Gasteiger partial charge on any atom is -0.382 e. The second-order valence-electron chi connectivity index (χ2n) is 4.78. The van der Waals surface area contributed by atoms with Gasteiger partial charge >= 0.3 is 0 Å². The summed E-state index contributed by atoms with van der Waals surface area (Å²) in [7, 11) is -1.72. The Morgan fingerprint density at radius 1 is 1.15 bits per heavy atom. The fourth-order valence-corrected chi connectivity index (χ4v) is 3.77. The second kappa shape index (κ2) is 7.17. The Hall–Kier alpha value is -0.950. The van der Waals surface area contributed by atoms with E-state index in [0.29, 0.717) is 31.2 Å². The van der Waals surface area contributed by atoms with Crippen LogP contribution in [0.4, 0.5) is 0 Å². The van der Waals surface area contributed by atoms with E-state index in [1.807, 2.05) is 6.07 Å². The number of ether oxygens (including phenoxy) is 2. The van der Waals surface area contributed by atoms with Gasteiger partial charge in [-0.25, -0.2) is 8.42 Å². The van der Waals surface area contributed by atoms with Gasteiger partial charge in [-0.3, -0.25) is 0 Å². The lowest BCUT2D eigenvalue weighted by Crippen LogP contribution is -2.41. The second-order valence-corrected chi connectivity index (χ2v) is 6.72. The van der Waals surface area contributed by atoms with Gasteiger partial charge in [0.2, 0.25) is 10.0 Å².